The molecule has 6 heteroatoms. The Labute approximate surface area is 342 Å². The summed E-state index contributed by atoms with van der Waals surface area (Å²) in [5, 5.41) is 26.9. The highest BCUT2D eigenvalue weighted by Crippen LogP contribution is 2.46. The summed E-state index contributed by atoms with van der Waals surface area (Å²) in [6.45, 7) is 2.28. The molecule has 2 aromatic heterocycles. The van der Waals surface area contributed by atoms with Crippen molar-refractivity contribution >= 4 is 55.9 Å². The topological polar surface area (TPSA) is 79.8 Å². The smallest absolute Gasteiger partial charge is 0.137 e. The van der Waals surface area contributed by atoms with Crippen molar-refractivity contribution in [2.24, 2.45) is 0 Å². The molecule has 0 aliphatic heterocycles. The van der Waals surface area contributed by atoms with Gasteiger partial charge in [-0.2, -0.15) is 10.5 Å². The van der Waals surface area contributed by atoms with E-state index < -0.39 is 0 Å². The SMILES string of the molecule is CC1CC(N(c2ccccn2)c2ccc(-c3ccccc3)cc2C#N)=c2ccc3ccc(N(c4ccccn4)c4ccc(-c5ccccc5)cc4C#N)c4ccc1c2c34. The number of hydrogen-bond donors (Lipinski definition) is 0. The van der Waals surface area contributed by atoms with E-state index in [2.05, 4.69) is 108 Å². The van der Waals surface area contributed by atoms with E-state index in [0.29, 0.717) is 16.9 Å². The van der Waals surface area contributed by atoms with E-state index in [1.807, 2.05) is 97.2 Å². The Bertz CT molecular complexity index is 3170. The molecule has 9 aromatic rings. The van der Waals surface area contributed by atoms with Gasteiger partial charge < -0.3 is 0 Å². The zero-order valence-corrected chi connectivity index (χ0v) is 32.3. The van der Waals surface area contributed by atoms with E-state index in [9.17, 15) is 10.5 Å². The van der Waals surface area contributed by atoms with Crippen LogP contribution in [0.1, 0.15) is 36.0 Å². The molecule has 0 saturated heterocycles. The third-order valence-electron chi connectivity index (χ3n) is 11.5. The van der Waals surface area contributed by atoms with Crippen LogP contribution in [0, 0.1) is 22.7 Å². The lowest BCUT2D eigenvalue weighted by molar-refractivity contribution is 0.776. The van der Waals surface area contributed by atoms with Gasteiger partial charge in [0.15, 0.2) is 0 Å². The van der Waals surface area contributed by atoms with Gasteiger partial charge in [-0.1, -0.05) is 122 Å². The minimum absolute atomic E-state index is 0.166. The summed E-state index contributed by atoms with van der Waals surface area (Å²) >= 11 is 0. The van der Waals surface area contributed by atoms with Gasteiger partial charge in [-0.15, -0.1) is 0 Å². The van der Waals surface area contributed by atoms with Crippen LogP contribution in [0.2, 0.25) is 0 Å². The molecule has 1 aliphatic rings. The Morgan fingerprint density at radius 1 is 0.508 bits per heavy atom. The summed E-state index contributed by atoms with van der Waals surface area (Å²) in [7, 11) is 0. The molecule has 0 radical (unpaired) electrons. The number of hydrogen-bond acceptors (Lipinski definition) is 6. The van der Waals surface area contributed by atoms with Gasteiger partial charge in [-0.3, -0.25) is 9.80 Å². The third-order valence-corrected chi connectivity index (χ3v) is 11.5. The molecule has 2 heterocycles. The Hall–Kier alpha value is -8.06. The Kier molecular flexibility index (Phi) is 8.86. The fourth-order valence-corrected chi connectivity index (χ4v) is 8.74. The molecular weight excluding hydrogens is 721 g/mol. The molecule has 1 aliphatic carbocycles. The molecule has 0 amide bonds. The molecule has 0 N–H and O–H groups in total. The first-order chi connectivity index (χ1) is 29.1. The van der Waals surface area contributed by atoms with Crippen molar-refractivity contribution in [2.75, 3.05) is 9.80 Å². The fraction of sp³-hybridized carbons (Fsp3) is 0.0566. The fourth-order valence-electron chi connectivity index (χ4n) is 8.74. The highest BCUT2D eigenvalue weighted by atomic mass is 15.2. The van der Waals surface area contributed by atoms with Gasteiger partial charge in [-0.05, 0) is 111 Å². The molecule has 6 nitrogen and oxygen atoms in total. The van der Waals surface area contributed by atoms with Crippen LogP contribution >= 0.6 is 0 Å². The molecule has 0 fully saturated rings. The molecule has 1 unspecified atom stereocenters. The molecule has 1 atom stereocenters. The van der Waals surface area contributed by atoms with Crippen molar-refractivity contribution in [1.82, 2.24) is 9.97 Å². The molecule has 7 aromatic carbocycles. The number of nitriles is 2. The summed E-state index contributed by atoms with van der Waals surface area (Å²) in [6, 6.07) is 62.6. The van der Waals surface area contributed by atoms with Crippen LogP contribution in [-0.4, -0.2) is 9.97 Å². The highest BCUT2D eigenvalue weighted by molar-refractivity contribution is 6.18. The second-order valence-electron chi connectivity index (χ2n) is 14.9. The predicted octanol–water partition coefficient (Wildman–Crippen LogP) is 12.5. The highest BCUT2D eigenvalue weighted by Gasteiger charge is 2.29. The van der Waals surface area contributed by atoms with Crippen LogP contribution < -0.4 is 15.0 Å². The number of anilines is 5. The first-order valence-electron chi connectivity index (χ1n) is 19.7. The van der Waals surface area contributed by atoms with Crippen molar-refractivity contribution < 1.29 is 0 Å². The average molecular weight is 757 g/mol. The van der Waals surface area contributed by atoms with E-state index in [1.54, 1.807) is 6.20 Å². The van der Waals surface area contributed by atoms with Crippen LogP contribution in [0.5, 0.6) is 0 Å². The van der Waals surface area contributed by atoms with Crippen LogP contribution in [0.15, 0.2) is 182 Å². The van der Waals surface area contributed by atoms with Crippen molar-refractivity contribution in [3.8, 4) is 34.4 Å². The summed E-state index contributed by atoms with van der Waals surface area (Å²) in [4.78, 5) is 14.0. The summed E-state index contributed by atoms with van der Waals surface area (Å²) in [5.74, 6) is 1.63. The number of rotatable bonds is 8. The van der Waals surface area contributed by atoms with E-state index in [0.717, 1.165) is 78.6 Å². The minimum atomic E-state index is 0.166. The van der Waals surface area contributed by atoms with Gasteiger partial charge in [0.25, 0.3) is 0 Å². The van der Waals surface area contributed by atoms with Gasteiger partial charge in [0.05, 0.1) is 28.2 Å². The zero-order valence-electron chi connectivity index (χ0n) is 32.3. The van der Waals surface area contributed by atoms with Crippen LogP contribution in [0.4, 0.5) is 28.7 Å². The van der Waals surface area contributed by atoms with Crippen molar-refractivity contribution in [2.45, 2.75) is 19.3 Å². The molecule has 0 bridgehead atoms. The first-order valence-corrected chi connectivity index (χ1v) is 19.7. The summed E-state index contributed by atoms with van der Waals surface area (Å²) in [5.41, 5.74) is 10.0. The molecule has 10 rings (SSSR count). The second-order valence-corrected chi connectivity index (χ2v) is 14.9. The zero-order chi connectivity index (χ0) is 39.9. The largest absolute Gasteiger partial charge is 0.297 e. The molecule has 0 spiro atoms. The normalized spacial score (nSPS) is 13.2. The van der Waals surface area contributed by atoms with E-state index in [1.165, 1.54) is 10.9 Å². The quantitative estimate of drug-likeness (QED) is 0.154. The maximum Gasteiger partial charge on any atom is 0.137 e. The maximum absolute atomic E-state index is 10.7. The Balaban J connectivity index is 1.22. The van der Waals surface area contributed by atoms with Gasteiger partial charge in [0, 0.05) is 28.7 Å². The first kappa shape index (κ1) is 35.4. The van der Waals surface area contributed by atoms with Gasteiger partial charge >= 0.3 is 0 Å². The molecule has 278 valence electrons. The summed E-state index contributed by atoms with van der Waals surface area (Å²) < 4.78 is 0. The van der Waals surface area contributed by atoms with E-state index in [-0.39, 0.29) is 5.92 Å². The Morgan fingerprint density at radius 2 is 1.05 bits per heavy atom. The van der Waals surface area contributed by atoms with Gasteiger partial charge in [0.2, 0.25) is 0 Å². The van der Waals surface area contributed by atoms with Crippen molar-refractivity contribution in [3.05, 3.63) is 204 Å². The molecule has 0 saturated carbocycles. The Morgan fingerprint density at radius 3 is 1.63 bits per heavy atom. The lowest BCUT2D eigenvalue weighted by atomic mass is 9.82. The number of benzene rings is 7. The average Bonchev–Trinajstić information content (AvgIpc) is 3.31. The van der Waals surface area contributed by atoms with E-state index >= 15 is 0 Å². The van der Waals surface area contributed by atoms with Gasteiger partial charge in [0.1, 0.15) is 23.8 Å². The van der Waals surface area contributed by atoms with Crippen molar-refractivity contribution in [3.63, 3.8) is 0 Å². The number of aromatic nitrogens is 2. The van der Waals surface area contributed by atoms with Crippen LogP contribution in [-0.2, 0) is 0 Å². The van der Waals surface area contributed by atoms with Crippen LogP contribution in [0.25, 0.3) is 49.5 Å². The monoisotopic (exact) mass is 756 g/mol. The number of nitrogens with zero attached hydrogens (tertiary/aromatic N) is 6. The lowest BCUT2D eigenvalue weighted by Crippen LogP contribution is -2.29. The number of pyridine rings is 2. The molecule has 59 heavy (non-hydrogen) atoms. The van der Waals surface area contributed by atoms with Gasteiger partial charge in [-0.25, -0.2) is 9.97 Å². The maximum atomic E-state index is 10.7. The summed E-state index contributed by atoms with van der Waals surface area (Å²) in [6.07, 6.45) is 4.34. The third kappa shape index (κ3) is 6.12. The molecular formula is C53H36N6. The minimum Gasteiger partial charge on any atom is -0.297 e. The standard InChI is InChI=1S/C53H36N6/c1-35-30-49(59(51-17-9-11-29-57-51)47-26-21-40(32-42(47)34-55)37-14-6-3-7-15-37)45-22-18-38-19-27-48(44-24-23-43(35)53(45)52(38)44)58(50-16-8-10-28-56-50)46-25-20-39(31-41(46)33-54)36-12-4-2-5-13-36/h2-29,31-32,35H,30H2,1H3. The van der Waals surface area contributed by atoms with E-state index in [4.69, 9.17) is 9.97 Å². The van der Waals surface area contributed by atoms with Crippen LogP contribution in [0.3, 0.4) is 0 Å². The van der Waals surface area contributed by atoms with Crippen molar-refractivity contribution in [1.29, 1.82) is 10.5 Å². The predicted molar refractivity (Wildman–Crippen MR) is 239 cm³/mol. The second kappa shape index (κ2) is 14.8. The lowest BCUT2D eigenvalue weighted by Gasteiger charge is -2.33.